The Kier molecular flexibility index (Phi) is 1.91. The van der Waals surface area contributed by atoms with Gasteiger partial charge in [0, 0.05) is 6.07 Å². The molecular formula is C8H7N3O2. The van der Waals surface area contributed by atoms with E-state index in [2.05, 4.69) is 15.2 Å². The molecule has 0 aliphatic heterocycles. The number of nitrogens with zero attached hydrogens (tertiary/aromatic N) is 3. The fourth-order valence-corrected chi connectivity index (χ4v) is 0.932. The summed E-state index contributed by atoms with van der Waals surface area (Å²) in [4.78, 5) is 4.12. The summed E-state index contributed by atoms with van der Waals surface area (Å²) in [6, 6.07) is 5.33. The molecule has 2 aromatic rings. The van der Waals surface area contributed by atoms with Crippen molar-refractivity contribution in [2.24, 2.45) is 0 Å². The molecule has 66 valence electrons. The lowest BCUT2D eigenvalue weighted by Gasteiger charge is -1.98. The zero-order valence-corrected chi connectivity index (χ0v) is 6.97. The van der Waals surface area contributed by atoms with Gasteiger partial charge in [-0.05, 0) is 6.07 Å². The van der Waals surface area contributed by atoms with Gasteiger partial charge in [-0.15, -0.1) is 10.2 Å². The molecule has 5 heteroatoms. The van der Waals surface area contributed by atoms with Gasteiger partial charge in [0.2, 0.25) is 12.3 Å². The second kappa shape index (κ2) is 3.22. The average Bonchev–Trinajstić information content (AvgIpc) is 2.71. The van der Waals surface area contributed by atoms with Crippen LogP contribution < -0.4 is 4.74 Å². The van der Waals surface area contributed by atoms with Gasteiger partial charge in [0.05, 0.1) is 7.11 Å². The van der Waals surface area contributed by atoms with Crippen LogP contribution in [0, 0.1) is 0 Å². The summed E-state index contributed by atoms with van der Waals surface area (Å²) in [7, 11) is 1.56. The maximum Gasteiger partial charge on any atom is 0.266 e. The third-order valence-electron chi connectivity index (χ3n) is 1.51. The number of aromatic nitrogens is 3. The minimum Gasteiger partial charge on any atom is -0.481 e. The quantitative estimate of drug-likeness (QED) is 0.688. The van der Waals surface area contributed by atoms with Crippen LogP contribution in [0.15, 0.2) is 29.0 Å². The predicted octanol–water partition coefficient (Wildman–Crippen LogP) is 1.14. The Bertz CT molecular complexity index is 386. The number of ether oxygens (including phenoxy) is 1. The van der Waals surface area contributed by atoms with Crippen LogP contribution in [0.2, 0.25) is 0 Å². The van der Waals surface area contributed by atoms with Crippen molar-refractivity contribution in [1.82, 2.24) is 15.2 Å². The van der Waals surface area contributed by atoms with E-state index in [1.54, 1.807) is 19.2 Å². The van der Waals surface area contributed by atoms with Gasteiger partial charge < -0.3 is 9.15 Å². The molecule has 0 bridgehead atoms. The SMILES string of the molecule is COc1cccc(-c2nnco2)n1. The molecule has 0 saturated heterocycles. The van der Waals surface area contributed by atoms with Crippen LogP contribution in [0.5, 0.6) is 5.88 Å². The van der Waals surface area contributed by atoms with Crippen molar-refractivity contribution in [1.29, 1.82) is 0 Å². The Labute approximate surface area is 74.4 Å². The molecule has 0 aromatic carbocycles. The summed E-state index contributed by atoms with van der Waals surface area (Å²) in [5, 5.41) is 7.28. The summed E-state index contributed by atoms with van der Waals surface area (Å²) < 4.78 is 9.93. The van der Waals surface area contributed by atoms with Crippen molar-refractivity contribution >= 4 is 0 Å². The smallest absolute Gasteiger partial charge is 0.266 e. The van der Waals surface area contributed by atoms with Crippen LogP contribution in [0.1, 0.15) is 0 Å². The van der Waals surface area contributed by atoms with E-state index in [9.17, 15) is 0 Å². The predicted molar refractivity (Wildman–Crippen MR) is 44.1 cm³/mol. The molecule has 0 radical (unpaired) electrons. The van der Waals surface area contributed by atoms with Gasteiger partial charge >= 0.3 is 0 Å². The normalized spacial score (nSPS) is 9.92. The fourth-order valence-electron chi connectivity index (χ4n) is 0.932. The summed E-state index contributed by atoms with van der Waals surface area (Å²) in [5.74, 6) is 0.912. The number of pyridine rings is 1. The van der Waals surface area contributed by atoms with Crippen molar-refractivity contribution < 1.29 is 9.15 Å². The van der Waals surface area contributed by atoms with Gasteiger partial charge in [0.25, 0.3) is 5.89 Å². The third-order valence-corrected chi connectivity index (χ3v) is 1.51. The second-order valence-electron chi connectivity index (χ2n) is 2.31. The Morgan fingerprint density at radius 3 is 3.00 bits per heavy atom. The molecule has 5 nitrogen and oxygen atoms in total. The number of hydrogen-bond acceptors (Lipinski definition) is 5. The highest BCUT2D eigenvalue weighted by atomic mass is 16.5. The van der Waals surface area contributed by atoms with Crippen LogP contribution in [-0.2, 0) is 0 Å². The molecule has 0 unspecified atom stereocenters. The van der Waals surface area contributed by atoms with E-state index in [4.69, 9.17) is 9.15 Å². The molecule has 0 fully saturated rings. The molecule has 0 aliphatic rings. The average molecular weight is 177 g/mol. The van der Waals surface area contributed by atoms with Crippen molar-refractivity contribution in [2.75, 3.05) is 7.11 Å². The molecule has 0 amide bonds. The molecule has 0 spiro atoms. The molecule has 13 heavy (non-hydrogen) atoms. The van der Waals surface area contributed by atoms with Crippen LogP contribution >= 0.6 is 0 Å². The van der Waals surface area contributed by atoms with Crippen LogP contribution in [0.4, 0.5) is 0 Å². The first-order valence-electron chi connectivity index (χ1n) is 3.68. The topological polar surface area (TPSA) is 61.0 Å². The molecule has 2 aromatic heterocycles. The molecule has 0 atom stereocenters. The summed E-state index contributed by atoms with van der Waals surface area (Å²) in [5.41, 5.74) is 0.608. The molecule has 2 heterocycles. The lowest BCUT2D eigenvalue weighted by molar-refractivity contribution is 0.398. The van der Waals surface area contributed by atoms with E-state index in [-0.39, 0.29) is 0 Å². The minimum absolute atomic E-state index is 0.388. The monoisotopic (exact) mass is 177 g/mol. The van der Waals surface area contributed by atoms with E-state index in [1.165, 1.54) is 6.39 Å². The highest BCUT2D eigenvalue weighted by Gasteiger charge is 2.05. The van der Waals surface area contributed by atoms with E-state index in [1.807, 2.05) is 6.07 Å². The molecule has 0 saturated carbocycles. The Morgan fingerprint density at radius 2 is 2.31 bits per heavy atom. The van der Waals surface area contributed by atoms with Crippen molar-refractivity contribution in [3.8, 4) is 17.5 Å². The van der Waals surface area contributed by atoms with E-state index in [0.717, 1.165) is 0 Å². The summed E-state index contributed by atoms with van der Waals surface area (Å²) >= 11 is 0. The molecule has 2 rings (SSSR count). The first kappa shape index (κ1) is 7.72. The highest BCUT2D eigenvalue weighted by Crippen LogP contribution is 2.16. The third kappa shape index (κ3) is 1.48. The van der Waals surface area contributed by atoms with Crippen LogP contribution in [-0.4, -0.2) is 22.3 Å². The molecule has 0 aliphatic carbocycles. The number of methoxy groups -OCH3 is 1. The standard InChI is InChI=1S/C8H7N3O2/c1-12-7-4-2-3-6(10-7)8-11-9-5-13-8/h2-5H,1H3. The van der Waals surface area contributed by atoms with E-state index < -0.39 is 0 Å². The lowest BCUT2D eigenvalue weighted by Crippen LogP contribution is -1.89. The van der Waals surface area contributed by atoms with Gasteiger partial charge in [-0.1, -0.05) is 6.07 Å². The second-order valence-corrected chi connectivity index (χ2v) is 2.31. The van der Waals surface area contributed by atoms with Gasteiger partial charge in [-0.25, -0.2) is 4.98 Å². The maximum atomic E-state index is 4.98. The Hall–Kier alpha value is -1.91. The Morgan fingerprint density at radius 1 is 1.38 bits per heavy atom. The van der Waals surface area contributed by atoms with E-state index in [0.29, 0.717) is 17.5 Å². The maximum absolute atomic E-state index is 4.98. The lowest BCUT2D eigenvalue weighted by atomic mass is 10.3. The van der Waals surface area contributed by atoms with E-state index >= 15 is 0 Å². The first-order chi connectivity index (χ1) is 6.40. The molecular weight excluding hydrogens is 170 g/mol. The number of rotatable bonds is 2. The van der Waals surface area contributed by atoms with Gasteiger partial charge in [-0.2, -0.15) is 0 Å². The largest absolute Gasteiger partial charge is 0.481 e. The number of hydrogen-bond donors (Lipinski definition) is 0. The van der Waals surface area contributed by atoms with Gasteiger partial charge in [0.15, 0.2) is 0 Å². The summed E-state index contributed by atoms with van der Waals surface area (Å²) in [6.07, 6.45) is 1.26. The van der Waals surface area contributed by atoms with Gasteiger partial charge in [-0.3, -0.25) is 0 Å². The fraction of sp³-hybridized carbons (Fsp3) is 0.125. The Balaban J connectivity index is 2.41. The van der Waals surface area contributed by atoms with Crippen molar-refractivity contribution in [2.45, 2.75) is 0 Å². The summed E-state index contributed by atoms with van der Waals surface area (Å²) in [6.45, 7) is 0. The molecule has 0 N–H and O–H groups in total. The zero-order valence-electron chi connectivity index (χ0n) is 6.97. The zero-order chi connectivity index (χ0) is 9.10. The highest BCUT2D eigenvalue weighted by molar-refractivity contribution is 5.46. The van der Waals surface area contributed by atoms with Crippen molar-refractivity contribution in [3.63, 3.8) is 0 Å². The van der Waals surface area contributed by atoms with Crippen LogP contribution in [0.25, 0.3) is 11.6 Å². The first-order valence-corrected chi connectivity index (χ1v) is 3.68. The van der Waals surface area contributed by atoms with Gasteiger partial charge in [0.1, 0.15) is 5.69 Å². The van der Waals surface area contributed by atoms with Crippen LogP contribution in [0.3, 0.4) is 0 Å². The minimum atomic E-state index is 0.388. The van der Waals surface area contributed by atoms with Crippen molar-refractivity contribution in [3.05, 3.63) is 24.6 Å².